The van der Waals surface area contributed by atoms with E-state index in [1.165, 1.54) is 4.90 Å². The van der Waals surface area contributed by atoms with Gasteiger partial charge < -0.3 is 9.84 Å². The molecule has 7 heteroatoms. The van der Waals surface area contributed by atoms with Gasteiger partial charge in [-0.25, -0.2) is 0 Å². The average molecular weight is 346 g/mol. The lowest BCUT2D eigenvalue weighted by Gasteiger charge is -2.22. The van der Waals surface area contributed by atoms with Crippen LogP contribution in [0.15, 0.2) is 24.3 Å². The number of nitriles is 1. The van der Waals surface area contributed by atoms with Gasteiger partial charge in [-0.3, -0.25) is 14.5 Å². The number of amides is 2. The summed E-state index contributed by atoms with van der Waals surface area (Å²) in [6.45, 7) is -0.0644. The fraction of sp³-hybridized carbons (Fsp3) is 0.471. The van der Waals surface area contributed by atoms with Crippen LogP contribution in [0.25, 0.3) is 0 Å². The van der Waals surface area contributed by atoms with Gasteiger partial charge in [0.05, 0.1) is 23.6 Å². The highest BCUT2D eigenvalue weighted by Crippen LogP contribution is 2.44. The molecule has 1 aromatic carbocycles. The molecule has 2 atom stereocenters. The quantitative estimate of drug-likeness (QED) is 0.805. The van der Waals surface area contributed by atoms with Crippen LogP contribution >= 0.6 is 11.8 Å². The number of hydrogen-bond donors (Lipinski definition) is 1. The largest absolute Gasteiger partial charge is 0.491 e. The van der Waals surface area contributed by atoms with Crippen molar-refractivity contribution < 1.29 is 19.4 Å². The van der Waals surface area contributed by atoms with E-state index in [0.717, 1.165) is 12.2 Å². The Labute approximate surface area is 144 Å². The summed E-state index contributed by atoms with van der Waals surface area (Å²) in [5.41, 5.74) is -0.0222. The Hall–Kier alpha value is -2.04. The monoisotopic (exact) mass is 346 g/mol. The normalized spacial score (nSPS) is 24.4. The van der Waals surface area contributed by atoms with E-state index in [-0.39, 0.29) is 31.4 Å². The van der Waals surface area contributed by atoms with Crippen LogP contribution < -0.4 is 4.74 Å². The van der Waals surface area contributed by atoms with E-state index in [4.69, 9.17) is 10.00 Å². The van der Waals surface area contributed by atoms with Crippen LogP contribution in [0, 0.1) is 16.7 Å². The van der Waals surface area contributed by atoms with E-state index in [1.54, 1.807) is 36.0 Å². The molecule has 126 valence electrons. The first-order chi connectivity index (χ1) is 11.5. The van der Waals surface area contributed by atoms with Crippen LogP contribution in [0.3, 0.4) is 0 Å². The van der Waals surface area contributed by atoms with Gasteiger partial charge >= 0.3 is 0 Å². The van der Waals surface area contributed by atoms with E-state index in [9.17, 15) is 14.7 Å². The number of hydrogen-bond acceptors (Lipinski definition) is 6. The first kappa shape index (κ1) is 16.8. The van der Waals surface area contributed by atoms with Crippen LogP contribution in [-0.2, 0) is 9.59 Å². The van der Waals surface area contributed by atoms with Crippen LogP contribution in [0.2, 0.25) is 0 Å². The third kappa shape index (κ3) is 3.25. The van der Waals surface area contributed by atoms with Gasteiger partial charge in [0.1, 0.15) is 18.5 Å². The Morgan fingerprint density at radius 3 is 2.75 bits per heavy atom. The van der Waals surface area contributed by atoms with Crippen molar-refractivity contribution >= 4 is 23.6 Å². The number of rotatable bonds is 5. The van der Waals surface area contributed by atoms with Gasteiger partial charge in [0.2, 0.25) is 11.8 Å². The Morgan fingerprint density at radius 1 is 1.38 bits per heavy atom. The molecule has 2 saturated heterocycles. The van der Waals surface area contributed by atoms with E-state index in [0.29, 0.717) is 17.1 Å². The smallest absolute Gasteiger partial charge is 0.236 e. The minimum atomic E-state index is -0.947. The number of ether oxygens (including phenoxy) is 1. The molecule has 3 rings (SSSR count). The predicted octanol–water partition coefficient (Wildman–Crippen LogP) is 1.18. The zero-order valence-electron chi connectivity index (χ0n) is 13.1. The van der Waals surface area contributed by atoms with Crippen LogP contribution in [0.1, 0.15) is 18.4 Å². The summed E-state index contributed by atoms with van der Waals surface area (Å²) in [4.78, 5) is 25.8. The Morgan fingerprint density at radius 2 is 2.12 bits per heavy atom. The summed E-state index contributed by atoms with van der Waals surface area (Å²) in [5, 5.41) is 18.9. The molecule has 0 aromatic heterocycles. The number of nitrogens with zero attached hydrogens (tertiary/aromatic N) is 2. The maximum atomic E-state index is 12.5. The molecule has 0 unspecified atom stereocenters. The van der Waals surface area contributed by atoms with Crippen molar-refractivity contribution in [1.29, 1.82) is 5.26 Å². The summed E-state index contributed by atoms with van der Waals surface area (Å²) in [5.74, 6) is 1.74. The van der Waals surface area contributed by atoms with Gasteiger partial charge in [0.15, 0.2) is 0 Å². The van der Waals surface area contributed by atoms with Crippen molar-refractivity contribution in [3.05, 3.63) is 29.8 Å². The third-order valence-corrected chi connectivity index (χ3v) is 5.66. The molecule has 24 heavy (non-hydrogen) atoms. The second-order valence-electron chi connectivity index (χ2n) is 6.17. The predicted molar refractivity (Wildman–Crippen MR) is 88.4 cm³/mol. The Bertz CT molecular complexity index is 677. The van der Waals surface area contributed by atoms with Crippen molar-refractivity contribution in [3.8, 4) is 11.8 Å². The SMILES string of the molecule is N#Cc1ccc(OC[C@H](O)CN2C(=O)C[C@]3(CCSC3)C2=O)cc1. The standard InChI is InChI=1S/C17H18N2O4S/c18-8-12-1-3-14(4-2-12)23-10-13(20)9-19-15(21)7-17(16(19)22)5-6-24-11-17/h1-4,13,20H,5-7,9-11H2/t13-,17+/m1/s1. The van der Waals surface area contributed by atoms with Crippen LogP contribution in [0.4, 0.5) is 0 Å². The molecule has 2 aliphatic rings. The first-order valence-corrected chi connectivity index (χ1v) is 8.93. The molecule has 2 aliphatic heterocycles. The highest BCUT2D eigenvalue weighted by Gasteiger charge is 2.53. The number of carbonyl (C=O) groups is 2. The van der Waals surface area contributed by atoms with Gasteiger partial charge in [-0.05, 0) is 36.4 Å². The number of β-amino-alcohol motifs (C(OH)–C–C–N with tert-alkyl or cyclic N) is 1. The molecule has 2 fully saturated rings. The molecule has 1 N–H and O–H groups in total. The highest BCUT2D eigenvalue weighted by atomic mass is 32.2. The summed E-state index contributed by atoms with van der Waals surface area (Å²) in [6.07, 6.45) is 0.0382. The molecule has 0 saturated carbocycles. The van der Waals surface area contributed by atoms with E-state index in [2.05, 4.69) is 0 Å². The van der Waals surface area contributed by atoms with Gasteiger partial charge in [0, 0.05) is 12.2 Å². The first-order valence-electron chi connectivity index (χ1n) is 7.78. The number of imide groups is 1. The molecule has 0 aliphatic carbocycles. The van der Waals surface area contributed by atoms with Crippen molar-refractivity contribution in [3.63, 3.8) is 0 Å². The van der Waals surface area contributed by atoms with E-state index in [1.807, 2.05) is 6.07 Å². The fourth-order valence-corrected chi connectivity index (χ4v) is 4.48. The number of thioether (sulfide) groups is 1. The number of aliphatic hydroxyl groups is 1. The summed E-state index contributed by atoms with van der Waals surface area (Å²) in [7, 11) is 0. The molecule has 2 amide bonds. The maximum Gasteiger partial charge on any atom is 0.236 e. The van der Waals surface area contributed by atoms with Crippen molar-refractivity contribution in [2.24, 2.45) is 5.41 Å². The summed E-state index contributed by atoms with van der Waals surface area (Å²) < 4.78 is 5.45. The Kier molecular flexibility index (Phi) is 4.78. The number of aliphatic hydroxyl groups excluding tert-OH is 1. The van der Waals surface area contributed by atoms with E-state index < -0.39 is 11.5 Å². The summed E-state index contributed by atoms with van der Waals surface area (Å²) in [6, 6.07) is 8.54. The molecule has 0 radical (unpaired) electrons. The lowest BCUT2D eigenvalue weighted by molar-refractivity contribution is -0.142. The fourth-order valence-electron chi connectivity index (χ4n) is 3.04. The molecule has 2 heterocycles. The molecule has 6 nitrogen and oxygen atoms in total. The van der Waals surface area contributed by atoms with Gasteiger partial charge in [0.25, 0.3) is 0 Å². The zero-order valence-corrected chi connectivity index (χ0v) is 13.9. The van der Waals surface area contributed by atoms with E-state index >= 15 is 0 Å². The molecule has 0 bridgehead atoms. The second-order valence-corrected chi connectivity index (χ2v) is 7.28. The minimum Gasteiger partial charge on any atom is -0.491 e. The van der Waals surface area contributed by atoms with Gasteiger partial charge in [-0.1, -0.05) is 0 Å². The maximum absolute atomic E-state index is 12.5. The minimum absolute atomic E-state index is 0.0231. The topological polar surface area (TPSA) is 90.6 Å². The van der Waals surface area contributed by atoms with Crippen LogP contribution in [0.5, 0.6) is 5.75 Å². The number of likely N-dealkylation sites (tertiary alicyclic amines) is 1. The molecule has 1 spiro atoms. The van der Waals surface area contributed by atoms with Gasteiger partial charge in [-0.15, -0.1) is 0 Å². The van der Waals surface area contributed by atoms with Crippen molar-refractivity contribution in [1.82, 2.24) is 4.90 Å². The lowest BCUT2D eigenvalue weighted by Crippen LogP contribution is -2.41. The molecular weight excluding hydrogens is 328 g/mol. The van der Waals surface area contributed by atoms with Crippen molar-refractivity contribution in [2.75, 3.05) is 24.7 Å². The van der Waals surface area contributed by atoms with Crippen molar-refractivity contribution in [2.45, 2.75) is 18.9 Å². The number of benzene rings is 1. The zero-order chi connectivity index (χ0) is 17.2. The number of carbonyl (C=O) groups excluding carboxylic acids is 2. The lowest BCUT2D eigenvalue weighted by atomic mass is 9.86. The Balaban J connectivity index is 1.54. The summed E-state index contributed by atoms with van der Waals surface area (Å²) >= 11 is 1.70. The van der Waals surface area contributed by atoms with Crippen LogP contribution in [-0.4, -0.2) is 52.6 Å². The third-order valence-electron chi connectivity index (χ3n) is 4.41. The highest BCUT2D eigenvalue weighted by molar-refractivity contribution is 7.99. The molecule has 1 aromatic rings. The van der Waals surface area contributed by atoms with Gasteiger partial charge in [-0.2, -0.15) is 17.0 Å². The second kappa shape index (κ2) is 6.83. The average Bonchev–Trinajstić information content (AvgIpc) is 3.14. The molecular formula is C17H18N2O4S.